The first-order valence-corrected chi connectivity index (χ1v) is 6.32. The van der Waals surface area contributed by atoms with Crippen molar-refractivity contribution in [1.82, 2.24) is 4.90 Å². The van der Waals surface area contributed by atoms with Crippen molar-refractivity contribution in [3.63, 3.8) is 0 Å². The lowest BCUT2D eigenvalue weighted by atomic mass is 10.0. The summed E-state index contributed by atoms with van der Waals surface area (Å²) in [6.45, 7) is 5.42. The molecule has 16 heavy (non-hydrogen) atoms. The van der Waals surface area contributed by atoms with Crippen molar-refractivity contribution in [1.29, 1.82) is 0 Å². The molecule has 1 heterocycles. The van der Waals surface area contributed by atoms with Gasteiger partial charge < -0.3 is 5.73 Å². The van der Waals surface area contributed by atoms with Crippen LogP contribution in [0.1, 0.15) is 30.9 Å². The summed E-state index contributed by atoms with van der Waals surface area (Å²) in [4.78, 5) is 2.58. The number of rotatable bonds is 4. The number of hydrogen-bond acceptors (Lipinski definition) is 2. The van der Waals surface area contributed by atoms with Crippen LogP contribution in [0.15, 0.2) is 24.3 Å². The van der Waals surface area contributed by atoms with Gasteiger partial charge in [0.1, 0.15) is 0 Å². The highest BCUT2D eigenvalue weighted by molar-refractivity contribution is 5.27. The van der Waals surface area contributed by atoms with E-state index in [9.17, 15) is 0 Å². The van der Waals surface area contributed by atoms with E-state index in [-0.39, 0.29) is 0 Å². The van der Waals surface area contributed by atoms with E-state index in [1.165, 1.54) is 30.5 Å². The summed E-state index contributed by atoms with van der Waals surface area (Å²) in [5.74, 6) is 0. The maximum atomic E-state index is 5.65. The Labute approximate surface area is 98.4 Å². The molecule has 0 radical (unpaired) electrons. The summed E-state index contributed by atoms with van der Waals surface area (Å²) in [5.41, 5.74) is 8.53. The summed E-state index contributed by atoms with van der Waals surface area (Å²) in [6.07, 6.45) is 3.69. The van der Waals surface area contributed by atoms with Crippen LogP contribution in [0.2, 0.25) is 0 Å². The largest absolute Gasteiger partial charge is 0.330 e. The fraction of sp³-hybridized carbons (Fsp3) is 0.571. The van der Waals surface area contributed by atoms with Gasteiger partial charge in [0.25, 0.3) is 0 Å². The van der Waals surface area contributed by atoms with E-state index < -0.39 is 0 Å². The van der Waals surface area contributed by atoms with Crippen LogP contribution in [-0.4, -0.2) is 24.0 Å². The predicted molar refractivity (Wildman–Crippen MR) is 68.3 cm³/mol. The lowest BCUT2D eigenvalue weighted by Gasteiger charge is -2.22. The van der Waals surface area contributed by atoms with Gasteiger partial charge in [0, 0.05) is 12.6 Å². The Balaban J connectivity index is 2.07. The molecule has 1 aliphatic rings. The van der Waals surface area contributed by atoms with Crippen LogP contribution in [0.4, 0.5) is 0 Å². The fourth-order valence-electron chi connectivity index (χ4n) is 2.56. The van der Waals surface area contributed by atoms with Crippen LogP contribution in [0.5, 0.6) is 0 Å². The van der Waals surface area contributed by atoms with Crippen molar-refractivity contribution in [2.24, 2.45) is 5.73 Å². The molecule has 0 spiro atoms. The maximum absolute atomic E-state index is 5.65. The molecule has 0 aromatic heterocycles. The molecule has 1 saturated heterocycles. The second-order valence-corrected chi connectivity index (χ2v) is 4.77. The van der Waals surface area contributed by atoms with Gasteiger partial charge in [-0.05, 0) is 50.4 Å². The number of hydrogen-bond donors (Lipinski definition) is 1. The van der Waals surface area contributed by atoms with Crippen LogP contribution < -0.4 is 5.73 Å². The Bertz CT molecular complexity index is 335. The monoisotopic (exact) mass is 218 g/mol. The molecule has 0 bridgehead atoms. The summed E-state index contributed by atoms with van der Waals surface area (Å²) in [6, 6.07) is 9.45. The van der Waals surface area contributed by atoms with Crippen molar-refractivity contribution >= 4 is 0 Å². The second-order valence-electron chi connectivity index (χ2n) is 4.77. The van der Waals surface area contributed by atoms with Crippen LogP contribution >= 0.6 is 0 Å². The minimum Gasteiger partial charge on any atom is -0.330 e. The molecule has 1 fully saturated rings. The first-order valence-electron chi connectivity index (χ1n) is 6.32. The number of nitrogens with two attached hydrogens (primary N) is 1. The van der Waals surface area contributed by atoms with Gasteiger partial charge >= 0.3 is 0 Å². The van der Waals surface area contributed by atoms with E-state index in [1.54, 1.807) is 0 Å². The Kier molecular flexibility index (Phi) is 3.97. The lowest BCUT2D eigenvalue weighted by Crippen LogP contribution is -2.26. The quantitative estimate of drug-likeness (QED) is 0.839. The van der Waals surface area contributed by atoms with Crippen molar-refractivity contribution < 1.29 is 0 Å². The molecule has 2 heteroatoms. The van der Waals surface area contributed by atoms with Gasteiger partial charge in [-0.15, -0.1) is 0 Å². The van der Waals surface area contributed by atoms with Crippen LogP contribution in [-0.2, 0) is 13.0 Å². The smallest absolute Gasteiger partial charge is 0.0239 e. The highest BCUT2D eigenvalue weighted by Gasteiger charge is 2.20. The van der Waals surface area contributed by atoms with Crippen LogP contribution in [0, 0.1) is 0 Å². The van der Waals surface area contributed by atoms with E-state index in [2.05, 4.69) is 36.1 Å². The standard InChI is InChI=1S/C14H22N2/c1-12-5-4-10-16(12)11-14-7-3-2-6-13(14)8-9-15/h2-3,6-7,12H,4-5,8-11,15H2,1H3. The fourth-order valence-corrected chi connectivity index (χ4v) is 2.56. The summed E-state index contributed by atoms with van der Waals surface area (Å²) in [5, 5.41) is 0. The highest BCUT2D eigenvalue weighted by atomic mass is 15.2. The Morgan fingerprint density at radius 1 is 1.31 bits per heavy atom. The lowest BCUT2D eigenvalue weighted by molar-refractivity contribution is 0.259. The summed E-state index contributed by atoms with van der Waals surface area (Å²) >= 11 is 0. The topological polar surface area (TPSA) is 29.3 Å². The van der Waals surface area contributed by atoms with E-state index in [1.807, 2.05) is 0 Å². The molecule has 2 rings (SSSR count). The third-order valence-electron chi connectivity index (χ3n) is 3.60. The molecule has 2 nitrogen and oxygen atoms in total. The third-order valence-corrected chi connectivity index (χ3v) is 3.60. The van der Waals surface area contributed by atoms with E-state index >= 15 is 0 Å². The van der Waals surface area contributed by atoms with Crippen LogP contribution in [0.25, 0.3) is 0 Å². The molecule has 0 amide bonds. The first-order chi connectivity index (χ1) is 7.81. The van der Waals surface area contributed by atoms with Gasteiger partial charge in [0.05, 0.1) is 0 Å². The molecule has 1 aromatic rings. The Morgan fingerprint density at radius 3 is 2.69 bits per heavy atom. The molecule has 1 atom stereocenters. The molecule has 1 unspecified atom stereocenters. The molecule has 0 saturated carbocycles. The average Bonchev–Trinajstić information content (AvgIpc) is 2.68. The van der Waals surface area contributed by atoms with Gasteiger partial charge in [-0.3, -0.25) is 4.90 Å². The van der Waals surface area contributed by atoms with Gasteiger partial charge in [-0.2, -0.15) is 0 Å². The molecule has 0 aliphatic carbocycles. The number of benzene rings is 1. The number of likely N-dealkylation sites (tertiary alicyclic amines) is 1. The average molecular weight is 218 g/mol. The zero-order valence-corrected chi connectivity index (χ0v) is 10.2. The zero-order valence-electron chi connectivity index (χ0n) is 10.2. The van der Waals surface area contributed by atoms with E-state index in [0.717, 1.165) is 25.6 Å². The predicted octanol–water partition coefficient (Wildman–Crippen LogP) is 2.17. The number of nitrogens with zero attached hydrogens (tertiary/aromatic N) is 1. The van der Waals surface area contributed by atoms with Crippen molar-refractivity contribution in [3.05, 3.63) is 35.4 Å². The van der Waals surface area contributed by atoms with Gasteiger partial charge in [0.2, 0.25) is 0 Å². The van der Waals surface area contributed by atoms with Crippen molar-refractivity contribution in [3.8, 4) is 0 Å². The SMILES string of the molecule is CC1CCCN1Cc1ccccc1CCN. The van der Waals surface area contributed by atoms with E-state index in [4.69, 9.17) is 5.73 Å². The normalized spacial score (nSPS) is 21.5. The maximum Gasteiger partial charge on any atom is 0.0239 e. The van der Waals surface area contributed by atoms with Gasteiger partial charge in [-0.25, -0.2) is 0 Å². The van der Waals surface area contributed by atoms with Crippen molar-refractivity contribution in [2.45, 2.75) is 38.8 Å². The Hall–Kier alpha value is -0.860. The second kappa shape index (κ2) is 5.46. The van der Waals surface area contributed by atoms with Gasteiger partial charge in [0.15, 0.2) is 0 Å². The first kappa shape index (κ1) is 11.6. The highest BCUT2D eigenvalue weighted by Crippen LogP contribution is 2.21. The third kappa shape index (κ3) is 2.63. The van der Waals surface area contributed by atoms with E-state index in [0.29, 0.717) is 0 Å². The molecule has 1 aromatic carbocycles. The molecular formula is C14H22N2. The minimum atomic E-state index is 0.742. The van der Waals surface area contributed by atoms with Crippen molar-refractivity contribution in [2.75, 3.05) is 13.1 Å². The molecular weight excluding hydrogens is 196 g/mol. The molecule has 1 aliphatic heterocycles. The molecule has 88 valence electrons. The van der Waals surface area contributed by atoms with Crippen LogP contribution in [0.3, 0.4) is 0 Å². The van der Waals surface area contributed by atoms with Gasteiger partial charge in [-0.1, -0.05) is 24.3 Å². The summed E-state index contributed by atoms with van der Waals surface area (Å²) < 4.78 is 0. The molecule has 2 N–H and O–H groups in total. The Morgan fingerprint density at radius 2 is 2.06 bits per heavy atom. The zero-order chi connectivity index (χ0) is 11.4. The minimum absolute atomic E-state index is 0.742. The summed E-state index contributed by atoms with van der Waals surface area (Å²) in [7, 11) is 0.